The zero-order valence-corrected chi connectivity index (χ0v) is 32.5. The summed E-state index contributed by atoms with van der Waals surface area (Å²) in [6.45, 7) is 1.10. The molecular weight excluding hydrogens is 772 g/mol. The van der Waals surface area contributed by atoms with Crippen molar-refractivity contribution < 1.29 is 47.0 Å². The Morgan fingerprint density at radius 3 is 2.58 bits per heavy atom. The molecule has 2 aromatic carbocycles. The van der Waals surface area contributed by atoms with Crippen LogP contribution in [0.15, 0.2) is 42.6 Å². The Bertz CT molecular complexity index is 2230. The first kappa shape index (κ1) is 39.6. The highest BCUT2D eigenvalue weighted by Gasteiger charge is 2.49. The van der Waals surface area contributed by atoms with Gasteiger partial charge in [-0.15, -0.1) is 0 Å². The smallest absolute Gasteiger partial charge is 0.342 e. The Hall–Kier alpha value is -6.24. The monoisotopic (exact) mass is 815 g/mol. The molecule has 6 amide bonds. The number of nitrogens with one attached hydrogen (secondary N) is 3. The molecule has 1 saturated carbocycles. The predicted molar refractivity (Wildman–Crippen MR) is 207 cm³/mol. The predicted octanol–water partition coefficient (Wildman–Crippen LogP) is 2.87. The Morgan fingerprint density at radius 1 is 1.02 bits per heavy atom. The van der Waals surface area contributed by atoms with E-state index in [1.165, 1.54) is 31.3 Å². The molecule has 2 atom stereocenters. The zero-order chi connectivity index (χ0) is 41.6. The molecule has 19 heteroatoms. The second-order valence-electron chi connectivity index (χ2n) is 15.3. The van der Waals surface area contributed by atoms with Crippen molar-refractivity contribution in [1.29, 1.82) is 0 Å². The number of piperidine rings is 1. The molecule has 310 valence electrons. The van der Waals surface area contributed by atoms with Crippen LogP contribution >= 0.6 is 0 Å². The summed E-state index contributed by atoms with van der Waals surface area (Å²) in [6, 6.07) is 8.11. The van der Waals surface area contributed by atoms with Crippen LogP contribution in [0.3, 0.4) is 0 Å². The maximum atomic E-state index is 15.0. The van der Waals surface area contributed by atoms with Crippen LogP contribution in [0.4, 0.5) is 31.9 Å². The van der Waals surface area contributed by atoms with Crippen molar-refractivity contribution >= 4 is 58.6 Å². The van der Waals surface area contributed by atoms with Crippen molar-refractivity contribution in [2.75, 3.05) is 62.1 Å². The number of benzene rings is 2. The normalized spacial score (nSPS) is 22.0. The molecule has 3 fully saturated rings. The van der Waals surface area contributed by atoms with E-state index >= 15 is 8.78 Å². The van der Waals surface area contributed by atoms with Crippen molar-refractivity contribution in [3.8, 4) is 11.5 Å². The second-order valence-corrected chi connectivity index (χ2v) is 15.3. The van der Waals surface area contributed by atoms with E-state index in [1.807, 2.05) is 0 Å². The lowest BCUT2D eigenvalue weighted by Crippen LogP contribution is -2.54. The molecule has 17 nitrogen and oxygen atoms in total. The quantitative estimate of drug-likeness (QED) is 0.240. The standard InChI is InChI=1S/C40H43F2N9O8/c1-48-28-19-43-39(47-33(28)50(24-6-3-4-7-24)21-40(41,42)38(48)57)45-26-11-10-22(18-30(26)58-2)34(53)44-23-14-15-49(20-23)16-17-59-29-9-5-8-25-32(29)37(56)51(36(25)55)27-12-13-31(52)46-35(27)54/h5,8-11,18-19,23-24,27H,3-4,6-7,12-17,20-21H2,1-2H3,(H,44,53)(H,43,45,47)(H,46,52,54)/t23-,27?/m0/s1. The number of carbonyl (C=O) groups excluding carboxylic acids is 6. The van der Waals surface area contributed by atoms with Crippen molar-refractivity contribution in [2.45, 2.75) is 69.0 Å². The summed E-state index contributed by atoms with van der Waals surface area (Å²) < 4.78 is 41.6. The summed E-state index contributed by atoms with van der Waals surface area (Å²) >= 11 is 0. The van der Waals surface area contributed by atoms with Crippen molar-refractivity contribution in [3.05, 3.63) is 59.3 Å². The fourth-order valence-corrected chi connectivity index (χ4v) is 8.47. The molecule has 2 saturated heterocycles. The Balaban J connectivity index is 0.871. The molecule has 0 spiro atoms. The fraction of sp³-hybridized carbons (Fsp3) is 0.450. The van der Waals surface area contributed by atoms with E-state index in [0.717, 1.165) is 22.6 Å². The van der Waals surface area contributed by atoms with Gasteiger partial charge in [0.2, 0.25) is 17.8 Å². The molecule has 5 heterocycles. The molecule has 3 N–H and O–H groups in total. The lowest BCUT2D eigenvalue weighted by Gasteiger charge is -2.31. The van der Waals surface area contributed by atoms with Gasteiger partial charge in [-0.05, 0) is 56.0 Å². The van der Waals surface area contributed by atoms with Crippen molar-refractivity contribution in [2.24, 2.45) is 0 Å². The average molecular weight is 816 g/mol. The second kappa shape index (κ2) is 15.8. The summed E-state index contributed by atoms with van der Waals surface area (Å²) in [4.78, 5) is 91.0. The van der Waals surface area contributed by atoms with E-state index in [9.17, 15) is 28.8 Å². The maximum Gasteiger partial charge on any atom is 0.342 e. The summed E-state index contributed by atoms with van der Waals surface area (Å²) in [5.74, 6) is -6.73. The molecule has 3 aromatic rings. The number of ether oxygens (including phenoxy) is 2. The van der Waals surface area contributed by atoms with Gasteiger partial charge in [-0.1, -0.05) is 18.9 Å². The summed E-state index contributed by atoms with van der Waals surface area (Å²) in [6.07, 6.45) is 5.33. The minimum atomic E-state index is -3.60. The lowest BCUT2D eigenvalue weighted by molar-refractivity contribution is -0.140. The highest BCUT2D eigenvalue weighted by molar-refractivity contribution is 6.24. The maximum absolute atomic E-state index is 15.0. The van der Waals surface area contributed by atoms with Gasteiger partial charge in [-0.25, -0.2) is 4.98 Å². The number of nitrogens with zero attached hydrogens (tertiary/aromatic N) is 6. The number of amides is 6. The number of carbonyl (C=O) groups is 6. The van der Waals surface area contributed by atoms with Gasteiger partial charge < -0.3 is 29.9 Å². The van der Waals surface area contributed by atoms with Gasteiger partial charge >= 0.3 is 5.92 Å². The van der Waals surface area contributed by atoms with E-state index in [2.05, 4.69) is 30.8 Å². The van der Waals surface area contributed by atoms with E-state index in [4.69, 9.17) is 9.47 Å². The molecule has 5 aliphatic rings. The molecule has 8 rings (SSSR count). The third-order valence-corrected chi connectivity index (χ3v) is 11.5. The largest absolute Gasteiger partial charge is 0.495 e. The summed E-state index contributed by atoms with van der Waals surface area (Å²) in [5, 5.41) is 8.34. The number of imide groups is 2. The Morgan fingerprint density at radius 2 is 1.81 bits per heavy atom. The number of methoxy groups -OCH3 is 1. The minimum absolute atomic E-state index is 0.0224. The number of fused-ring (bicyclic) bond motifs is 2. The van der Waals surface area contributed by atoms with Crippen LogP contribution in [0.2, 0.25) is 0 Å². The van der Waals surface area contributed by atoms with E-state index in [0.29, 0.717) is 55.9 Å². The van der Waals surface area contributed by atoms with Crippen LogP contribution in [0.1, 0.15) is 76.0 Å². The first-order valence-corrected chi connectivity index (χ1v) is 19.6. The van der Waals surface area contributed by atoms with Gasteiger partial charge in [0, 0.05) is 50.7 Å². The lowest BCUT2D eigenvalue weighted by atomic mass is 10.0. The van der Waals surface area contributed by atoms with Gasteiger partial charge in [0.25, 0.3) is 23.6 Å². The van der Waals surface area contributed by atoms with Crippen LogP contribution in [0.25, 0.3) is 0 Å². The molecule has 0 bridgehead atoms. The number of anilines is 4. The Labute approximate surface area is 337 Å². The average Bonchev–Trinajstić information content (AvgIpc) is 3.97. The number of rotatable bonds is 11. The topological polar surface area (TPSA) is 196 Å². The molecule has 1 aliphatic carbocycles. The number of halogens is 2. The summed E-state index contributed by atoms with van der Waals surface area (Å²) in [7, 11) is 2.75. The number of alkyl halides is 2. The molecule has 0 radical (unpaired) electrons. The van der Waals surface area contributed by atoms with Crippen LogP contribution in [0, 0.1) is 0 Å². The fourth-order valence-electron chi connectivity index (χ4n) is 8.47. The third-order valence-electron chi connectivity index (χ3n) is 11.5. The number of likely N-dealkylation sites (tertiary alicyclic amines) is 1. The van der Waals surface area contributed by atoms with Crippen LogP contribution in [0.5, 0.6) is 11.5 Å². The minimum Gasteiger partial charge on any atom is -0.495 e. The van der Waals surface area contributed by atoms with Crippen molar-refractivity contribution in [3.63, 3.8) is 0 Å². The van der Waals surface area contributed by atoms with Gasteiger partial charge in [-0.2, -0.15) is 13.8 Å². The Kier molecular flexibility index (Phi) is 10.6. The van der Waals surface area contributed by atoms with Crippen molar-refractivity contribution in [1.82, 2.24) is 30.4 Å². The van der Waals surface area contributed by atoms with E-state index in [-0.39, 0.29) is 71.8 Å². The molecular formula is C40H43F2N9O8. The molecule has 59 heavy (non-hydrogen) atoms. The summed E-state index contributed by atoms with van der Waals surface area (Å²) in [5.41, 5.74) is 1.19. The molecule has 1 aromatic heterocycles. The first-order valence-electron chi connectivity index (χ1n) is 19.6. The van der Waals surface area contributed by atoms with Crippen LogP contribution in [-0.2, 0) is 14.4 Å². The SMILES string of the molecule is COc1cc(C(=O)N[C@H]2CCN(CCOc3cccc4c3C(=O)N(C3CCC(=O)NC3=O)C4=O)C2)ccc1Nc1ncc2c(n1)N(C1CCCC1)CC(F)(F)C(=O)N2C. The van der Waals surface area contributed by atoms with Crippen LogP contribution < -0.4 is 35.2 Å². The number of hydrogen-bond acceptors (Lipinski definition) is 13. The molecule has 4 aliphatic heterocycles. The zero-order valence-electron chi connectivity index (χ0n) is 32.5. The van der Waals surface area contributed by atoms with Crippen LogP contribution in [-0.4, -0.2) is 126 Å². The van der Waals surface area contributed by atoms with E-state index < -0.39 is 48.0 Å². The number of aromatic nitrogens is 2. The third kappa shape index (κ3) is 7.61. The van der Waals surface area contributed by atoms with Gasteiger partial charge in [0.15, 0.2) is 5.82 Å². The highest BCUT2D eigenvalue weighted by Crippen LogP contribution is 2.40. The first-order chi connectivity index (χ1) is 28.3. The van der Waals surface area contributed by atoms with Gasteiger partial charge in [-0.3, -0.25) is 43.9 Å². The highest BCUT2D eigenvalue weighted by atomic mass is 19.3. The number of hydrogen-bond donors (Lipinski definition) is 3. The van der Waals surface area contributed by atoms with Gasteiger partial charge in [0.1, 0.15) is 29.8 Å². The van der Waals surface area contributed by atoms with E-state index in [1.54, 1.807) is 30.3 Å². The van der Waals surface area contributed by atoms with Gasteiger partial charge in [0.05, 0.1) is 36.7 Å². The molecule has 1 unspecified atom stereocenters.